The quantitative estimate of drug-likeness (QED) is 0.846. The van der Waals surface area contributed by atoms with Crippen molar-refractivity contribution < 1.29 is 4.79 Å². The molecule has 0 heterocycles. The third-order valence-corrected chi connectivity index (χ3v) is 3.42. The number of carbonyl (C=O) groups is 1. The summed E-state index contributed by atoms with van der Waals surface area (Å²) in [6.07, 6.45) is 4.77. The molecule has 2 rings (SSSR count). The largest absolute Gasteiger partial charge is 0.326 e. The van der Waals surface area contributed by atoms with E-state index in [-0.39, 0.29) is 11.8 Å². The standard InChI is InChI=1S/C19H21NO/c1-3-17(14-13-16-11-9-15(2)10-12-16)19(21)20-18-7-5-4-6-8-18/h4-14,17H,3H2,1-2H3,(H,20,21)/b14-13+. The van der Waals surface area contributed by atoms with Gasteiger partial charge in [0.1, 0.15) is 0 Å². The number of rotatable bonds is 5. The van der Waals surface area contributed by atoms with E-state index in [4.69, 9.17) is 0 Å². The van der Waals surface area contributed by atoms with E-state index < -0.39 is 0 Å². The molecule has 2 aromatic carbocycles. The van der Waals surface area contributed by atoms with Gasteiger partial charge in [-0.3, -0.25) is 4.79 Å². The van der Waals surface area contributed by atoms with E-state index in [2.05, 4.69) is 36.5 Å². The van der Waals surface area contributed by atoms with Crippen LogP contribution in [-0.2, 0) is 4.79 Å². The van der Waals surface area contributed by atoms with Gasteiger partial charge in [0.2, 0.25) is 5.91 Å². The maximum atomic E-state index is 12.3. The van der Waals surface area contributed by atoms with Gasteiger partial charge >= 0.3 is 0 Å². The fourth-order valence-electron chi connectivity index (χ4n) is 2.07. The maximum absolute atomic E-state index is 12.3. The second-order valence-electron chi connectivity index (χ2n) is 5.14. The van der Waals surface area contributed by atoms with E-state index in [1.54, 1.807) is 0 Å². The fourth-order valence-corrected chi connectivity index (χ4v) is 2.07. The topological polar surface area (TPSA) is 29.1 Å². The minimum absolute atomic E-state index is 0.0343. The molecule has 0 bridgehead atoms. The number of amides is 1. The lowest BCUT2D eigenvalue weighted by Crippen LogP contribution is -2.20. The van der Waals surface area contributed by atoms with Crippen LogP contribution in [0.15, 0.2) is 60.7 Å². The van der Waals surface area contributed by atoms with Gasteiger partial charge in [-0.2, -0.15) is 0 Å². The zero-order chi connectivity index (χ0) is 15.1. The van der Waals surface area contributed by atoms with Crippen LogP contribution >= 0.6 is 0 Å². The van der Waals surface area contributed by atoms with E-state index in [0.717, 1.165) is 17.7 Å². The third-order valence-electron chi connectivity index (χ3n) is 3.42. The molecule has 1 atom stereocenters. The second kappa shape index (κ2) is 7.44. The molecule has 0 aromatic heterocycles. The number of hydrogen-bond acceptors (Lipinski definition) is 1. The van der Waals surface area contributed by atoms with Crippen LogP contribution in [0.3, 0.4) is 0 Å². The first-order chi connectivity index (χ1) is 10.2. The predicted octanol–water partition coefficient (Wildman–Crippen LogP) is 4.67. The summed E-state index contributed by atoms with van der Waals surface area (Å²) in [5, 5.41) is 2.95. The van der Waals surface area contributed by atoms with Gasteiger partial charge in [0.05, 0.1) is 5.92 Å². The molecule has 0 fully saturated rings. The van der Waals surface area contributed by atoms with Gasteiger partial charge in [0, 0.05) is 5.69 Å². The average Bonchev–Trinajstić information content (AvgIpc) is 2.51. The van der Waals surface area contributed by atoms with Gasteiger partial charge in [0.15, 0.2) is 0 Å². The van der Waals surface area contributed by atoms with Crippen molar-refractivity contribution in [1.29, 1.82) is 0 Å². The minimum Gasteiger partial charge on any atom is -0.326 e. The molecule has 0 spiro atoms. The van der Waals surface area contributed by atoms with Gasteiger partial charge < -0.3 is 5.32 Å². The van der Waals surface area contributed by atoms with Crippen LogP contribution in [-0.4, -0.2) is 5.91 Å². The van der Waals surface area contributed by atoms with Crippen LogP contribution in [0, 0.1) is 12.8 Å². The SMILES string of the molecule is CCC(/C=C/c1ccc(C)cc1)C(=O)Nc1ccccc1. The highest BCUT2D eigenvalue weighted by Crippen LogP contribution is 2.14. The molecule has 0 saturated carbocycles. The molecule has 0 aliphatic heterocycles. The number of aryl methyl sites for hydroxylation is 1. The Morgan fingerprint density at radius 2 is 1.76 bits per heavy atom. The predicted molar refractivity (Wildman–Crippen MR) is 89.1 cm³/mol. The molecule has 1 N–H and O–H groups in total. The van der Waals surface area contributed by atoms with Crippen molar-refractivity contribution in [2.45, 2.75) is 20.3 Å². The normalized spacial score (nSPS) is 12.3. The Morgan fingerprint density at radius 3 is 2.38 bits per heavy atom. The highest BCUT2D eigenvalue weighted by atomic mass is 16.1. The number of anilines is 1. The molecule has 0 saturated heterocycles. The van der Waals surface area contributed by atoms with Crippen LogP contribution in [0.5, 0.6) is 0 Å². The molecule has 1 unspecified atom stereocenters. The van der Waals surface area contributed by atoms with E-state index in [1.165, 1.54) is 5.56 Å². The summed E-state index contributed by atoms with van der Waals surface area (Å²) >= 11 is 0. The van der Waals surface area contributed by atoms with Crippen molar-refractivity contribution in [2.75, 3.05) is 5.32 Å². The molecular formula is C19H21NO. The van der Waals surface area contributed by atoms with Crippen LogP contribution in [0.2, 0.25) is 0 Å². The molecule has 2 aromatic rings. The van der Waals surface area contributed by atoms with Gasteiger partial charge in [-0.1, -0.05) is 67.1 Å². The Kier molecular flexibility index (Phi) is 5.33. The molecule has 0 aliphatic carbocycles. The van der Waals surface area contributed by atoms with Crippen molar-refractivity contribution in [2.24, 2.45) is 5.92 Å². The maximum Gasteiger partial charge on any atom is 0.231 e. The van der Waals surface area contributed by atoms with Gasteiger partial charge in [0.25, 0.3) is 0 Å². The molecule has 2 heteroatoms. The van der Waals surface area contributed by atoms with Crippen LogP contribution in [0.1, 0.15) is 24.5 Å². The molecule has 2 nitrogen and oxygen atoms in total. The van der Waals surface area contributed by atoms with E-state index >= 15 is 0 Å². The summed E-state index contributed by atoms with van der Waals surface area (Å²) in [4.78, 5) is 12.3. The van der Waals surface area contributed by atoms with Crippen LogP contribution in [0.4, 0.5) is 5.69 Å². The number of benzene rings is 2. The summed E-state index contributed by atoms with van der Waals surface area (Å²) in [7, 11) is 0. The second-order valence-corrected chi connectivity index (χ2v) is 5.14. The fraction of sp³-hybridized carbons (Fsp3) is 0.211. The number of hydrogen-bond donors (Lipinski definition) is 1. The average molecular weight is 279 g/mol. The first kappa shape index (κ1) is 15.0. The lowest BCUT2D eigenvalue weighted by atomic mass is 10.0. The lowest BCUT2D eigenvalue weighted by molar-refractivity contribution is -0.118. The van der Waals surface area contributed by atoms with E-state index in [9.17, 15) is 4.79 Å². The number of carbonyl (C=O) groups excluding carboxylic acids is 1. The van der Waals surface area contributed by atoms with E-state index in [1.807, 2.05) is 49.4 Å². The Bertz CT molecular complexity index is 599. The molecule has 0 aliphatic rings. The van der Waals surface area contributed by atoms with E-state index in [0.29, 0.717) is 0 Å². The Labute approximate surface area is 126 Å². The Hall–Kier alpha value is -2.35. The number of nitrogens with one attached hydrogen (secondary N) is 1. The first-order valence-corrected chi connectivity index (χ1v) is 7.30. The van der Waals surface area contributed by atoms with Crippen molar-refractivity contribution >= 4 is 17.7 Å². The van der Waals surface area contributed by atoms with Crippen molar-refractivity contribution in [1.82, 2.24) is 0 Å². The van der Waals surface area contributed by atoms with Gasteiger partial charge in [-0.15, -0.1) is 0 Å². The zero-order valence-corrected chi connectivity index (χ0v) is 12.5. The Balaban J connectivity index is 2.02. The molecular weight excluding hydrogens is 258 g/mol. The van der Waals surface area contributed by atoms with Crippen LogP contribution in [0.25, 0.3) is 6.08 Å². The summed E-state index contributed by atoms with van der Waals surface area (Å²) in [6.45, 7) is 4.09. The third kappa shape index (κ3) is 4.60. The monoisotopic (exact) mass is 279 g/mol. The molecule has 21 heavy (non-hydrogen) atoms. The van der Waals surface area contributed by atoms with Crippen molar-refractivity contribution in [3.05, 3.63) is 71.8 Å². The highest BCUT2D eigenvalue weighted by molar-refractivity contribution is 5.94. The van der Waals surface area contributed by atoms with Crippen molar-refractivity contribution in [3.63, 3.8) is 0 Å². The van der Waals surface area contributed by atoms with Gasteiger partial charge in [-0.25, -0.2) is 0 Å². The summed E-state index contributed by atoms with van der Waals surface area (Å²) in [5.74, 6) is -0.0847. The zero-order valence-electron chi connectivity index (χ0n) is 12.5. The molecule has 108 valence electrons. The summed E-state index contributed by atoms with van der Waals surface area (Å²) < 4.78 is 0. The van der Waals surface area contributed by atoms with Crippen LogP contribution < -0.4 is 5.32 Å². The summed E-state index contributed by atoms with van der Waals surface area (Å²) in [6, 6.07) is 17.8. The van der Waals surface area contributed by atoms with Gasteiger partial charge in [-0.05, 0) is 31.0 Å². The van der Waals surface area contributed by atoms with Crippen molar-refractivity contribution in [3.8, 4) is 0 Å². The molecule has 1 amide bonds. The first-order valence-electron chi connectivity index (χ1n) is 7.30. The smallest absolute Gasteiger partial charge is 0.231 e. The summed E-state index contributed by atoms with van der Waals surface area (Å²) in [5.41, 5.74) is 3.19. The molecule has 0 radical (unpaired) electrons. The Morgan fingerprint density at radius 1 is 1.10 bits per heavy atom. The lowest BCUT2D eigenvalue weighted by Gasteiger charge is -2.11. The number of para-hydroxylation sites is 1. The minimum atomic E-state index is -0.119. The highest BCUT2D eigenvalue weighted by Gasteiger charge is 2.12.